The fourth-order valence-electron chi connectivity index (χ4n) is 0.647. The van der Waals surface area contributed by atoms with Gasteiger partial charge in [-0.25, -0.2) is 0 Å². The Labute approximate surface area is 50.4 Å². The Morgan fingerprint density at radius 1 is 1.62 bits per heavy atom. The quantitative estimate of drug-likeness (QED) is 0.497. The van der Waals surface area contributed by atoms with Crippen LogP contribution in [0.3, 0.4) is 0 Å². The minimum atomic E-state index is -0.215. The van der Waals surface area contributed by atoms with Crippen LogP contribution in [-0.4, -0.2) is 6.67 Å². The molecule has 8 heavy (non-hydrogen) atoms. The zero-order valence-corrected chi connectivity index (χ0v) is 5.58. The van der Waals surface area contributed by atoms with Gasteiger partial charge in [0.15, 0.2) is 0 Å². The number of allylic oxidation sites excluding steroid dienone is 2. The molecule has 0 amide bonds. The number of hydrogen-bond acceptors (Lipinski definition) is 0. The third-order valence-electron chi connectivity index (χ3n) is 1.28. The molecular formula is C7H13F. The summed E-state index contributed by atoms with van der Waals surface area (Å²) in [4.78, 5) is 0. The van der Waals surface area contributed by atoms with Gasteiger partial charge >= 0.3 is 0 Å². The van der Waals surface area contributed by atoms with Crippen LogP contribution in [0.15, 0.2) is 11.6 Å². The van der Waals surface area contributed by atoms with E-state index >= 15 is 0 Å². The molecule has 0 bridgehead atoms. The summed E-state index contributed by atoms with van der Waals surface area (Å²) in [5.41, 5.74) is 1.22. The lowest BCUT2D eigenvalue weighted by Gasteiger charge is -1.95. The fraction of sp³-hybridized carbons (Fsp3) is 0.714. The first-order chi connectivity index (χ1) is 3.85. The van der Waals surface area contributed by atoms with Crippen LogP contribution in [0.4, 0.5) is 4.39 Å². The van der Waals surface area contributed by atoms with Crippen LogP contribution in [0.5, 0.6) is 0 Å². The monoisotopic (exact) mass is 116 g/mol. The Balaban J connectivity index is 3.38. The summed E-state index contributed by atoms with van der Waals surface area (Å²) in [6.07, 6.45) is 3.59. The molecule has 0 saturated carbocycles. The molecule has 0 saturated heterocycles. The lowest BCUT2D eigenvalue weighted by atomic mass is 10.1. The third-order valence-corrected chi connectivity index (χ3v) is 1.28. The van der Waals surface area contributed by atoms with E-state index in [2.05, 4.69) is 0 Å². The van der Waals surface area contributed by atoms with Crippen molar-refractivity contribution < 1.29 is 4.39 Å². The Morgan fingerprint density at radius 2 is 2.25 bits per heavy atom. The van der Waals surface area contributed by atoms with E-state index in [0.717, 1.165) is 6.42 Å². The molecule has 0 nitrogen and oxygen atoms in total. The second kappa shape index (κ2) is 4.82. The van der Waals surface area contributed by atoms with Crippen molar-refractivity contribution in [1.82, 2.24) is 0 Å². The predicted molar refractivity (Wildman–Crippen MR) is 34.6 cm³/mol. The molecule has 0 unspecified atom stereocenters. The third kappa shape index (κ3) is 2.78. The minimum Gasteiger partial charge on any atom is -0.251 e. The topological polar surface area (TPSA) is 0 Å². The van der Waals surface area contributed by atoms with Gasteiger partial charge in [0.25, 0.3) is 0 Å². The molecular weight excluding hydrogens is 103 g/mol. The van der Waals surface area contributed by atoms with E-state index in [1.165, 1.54) is 5.57 Å². The number of halogens is 1. The molecule has 0 aromatic rings. The van der Waals surface area contributed by atoms with Gasteiger partial charge in [-0.1, -0.05) is 18.6 Å². The summed E-state index contributed by atoms with van der Waals surface area (Å²) in [6, 6.07) is 0. The van der Waals surface area contributed by atoms with E-state index in [9.17, 15) is 4.39 Å². The highest BCUT2D eigenvalue weighted by Gasteiger charge is 1.88. The van der Waals surface area contributed by atoms with Crippen LogP contribution >= 0.6 is 0 Å². The van der Waals surface area contributed by atoms with E-state index in [1.807, 2.05) is 19.9 Å². The molecule has 0 fully saturated rings. The fourth-order valence-corrected chi connectivity index (χ4v) is 0.647. The van der Waals surface area contributed by atoms with E-state index in [1.54, 1.807) is 0 Å². The first-order valence-corrected chi connectivity index (χ1v) is 3.05. The van der Waals surface area contributed by atoms with Gasteiger partial charge in [0.1, 0.15) is 0 Å². The molecule has 0 aliphatic rings. The molecule has 1 heteroatoms. The van der Waals surface area contributed by atoms with E-state index < -0.39 is 0 Å². The van der Waals surface area contributed by atoms with Crippen molar-refractivity contribution in [2.45, 2.75) is 26.7 Å². The highest BCUT2D eigenvalue weighted by Crippen LogP contribution is 2.04. The molecule has 0 heterocycles. The first-order valence-electron chi connectivity index (χ1n) is 3.05. The molecule has 0 aromatic carbocycles. The molecule has 0 atom stereocenters. The highest BCUT2D eigenvalue weighted by atomic mass is 19.1. The largest absolute Gasteiger partial charge is 0.251 e. The lowest BCUT2D eigenvalue weighted by Crippen LogP contribution is -1.81. The van der Waals surface area contributed by atoms with Crippen molar-refractivity contribution in [2.24, 2.45) is 0 Å². The zero-order valence-electron chi connectivity index (χ0n) is 5.58. The minimum absolute atomic E-state index is 0.215. The molecule has 0 N–H and O–H groups in total. The van der Waals surface area contributed by atoms with Crippen LogP contribution in [0.2, 0.25) is 0 Å². The van der Waals surface area contributed by atoms with E-state index in [4.69, 9.17) is 0 Å². The molecule has 0 aromatic heterocycles. The standard InChI is InChI=1S/C7H13F/c1-3-7(4-2)5-6-8/h3H,4-6H2,1-2H3. The average Bonchev–Trinajstić information content (AvgIpc) is 1.83. The van der Waals surface area contributed by atoms with Crippen molar-refractivity contribution >= 4 is 0 Å². The Kier molecular flexibility index (Phi) is 4.62. The van der Waals surface area contributed by atoms with E-state index in [-0.39, 0.29) is 6.67 Å². The highest BCUT2D eigenvalue weighted by molar-refractivity contribution is 4.98. The predicted octanol–water partition coefficient (Wildman–Crippen LogP) is 2.70. The second-order valence-corrected chi connectivity index (χ2v) is 1.74. The zero-order chi connectivity index (χ0) is 6.41. The van der Waals surface area contributed by atoms with Crippen molar-refractivity contribution in [2.75, 3.05) is 6.67 Å². The van der Waals surface area contributed by atoms with Crippen molar-refractivity contribution in [3.63, 3.8) is 0 Å². The summed E-state index contributed by atoms with van der Waals surface area (Å²) < 4.78 is 11.6. The van der Waals surface area contributed by atoms with Gasteiger partial charge in [0.2, 0.25) is 0 Å². The number of hydrogen-bond donors (Lipinski definition) is 0. The maximum absolute atomic E-state index is 11.6. The Morgan fingerprint density at radius 3 is 2.38 bits per heavy atom. The van der Waals surface area contributed by atoms with E-state index in [0.29, 0.717) is 6.42 Å². The van der Waals surface area contributed by atoms with Gasteiger partial charge in [-0.05, 0) is 19.8 Å². The molecule has 0 spiro atoms. The van der Waals surface area contributed by atoms with Crippen LogP contribution < -0.4 is 0 Å². The van der Waals surface area contributed by atoms with Crippen molar-refractivity contribution in [3.05, 3.63) is 11.6 Å². The number of rotatable bonds is 3. The number of alkyl halides is 1. The van der Waals surface area contributed by atoms with Crippen LogP contribution in [-0.2, 0) is 0 Å². The summed E-state index contributed by atoms with van der Waals surface area (Å²) >= 11 is 0. The van der Waals surface area contributed by atoms with Crippen LogP contribution in [0.25, 0.3) is 0 Å². The molecule has 0 aliphatic carbocycles. The maximum Gasteiger partial charge on any atom is 0.0931 e. The molecule has 0 rings (SSSR count). The van der Waals surface area contributed by atoms with Gasteiger partial charge in [-0.2, -0.15) is 0 Å². The Hall–Kier alpha value is -0.330. The van der Waals surface area contributed by atoms with Gasteiger partial charge in [0.05, 0.1) is 6.67 Å². The smallest absolute Gasteiger partial charge is 0.0931 e. The maximum atomic E-state index is 11.6. The van der Waals surface area contributed by atoms with Crippen molar-refractivity contribution in [3.8, 4) is 0 Å². The Bertz CT molecular complexity index is 74.5. The molecule has 48 valence electrons. The second-order valence-electron chi connectivity index (χ2n) is 1.74. The average molecular weight is 116 g/mol. The van der Waals surface area contributed by atoms with Crippen LogP contribution in [0.1, 0.15) is 26.7 Å². The lowest BCUT2D eigenvalue weighted by molar-refractivity contribution is 0.491. The van der Waals surface area contributed by atoms with Crippen molar-refractivity contribution in [1.29, 1.82) is 0 Å². The van der Waals surface area contributed by atoms with Gasteiger partial charge in [0, 0.05) is 0 Å². The summed E-state index contributed by atoms with van der Waals surface area (Å²) in [6.45, 7) is 3.78. The van der Waals surface area contributed by atoms with Crippen LogP contribution in [0, 0.1) is 0 Å². The van der Waals surface area contributed by atoms with Gasteiger partial charge in [-0.15, -0.1) is 0 Å². The van der Waals surface area contributed by atoms with Gasteiger partial charge < -0.3 is 0 Å². The van der Waals surface area contributed by atoms with Gasteiger partial charge in [-0.3, -0.25) is 4.39 Å². The first kappa shape index (κ1) is 7.67. The SMILES string of the molecule is CC=C(CC)CCF. The molecule has 0 aliphatic heterocycles. The molecule has 0 radical (unpaired) electrons. The summed E-state index contributed by atoms with van der Waals surface area (Å²) in [5, 5.41) is 0. The normalized spacial score (nSPS) is 12.1. The summed E-state index contributed by atoms with van der Waals surface area (Å²) in [7, 11) is 0. The summed E-state index contributed by atoms with van der Waals surface area (Å²) in [5.74, 6) is 0.